The van der Waals surface area contributed by atoms with Gasteiger partial charge in [0.2, 0.25) is 0 Å². The Hall–Kier alpha value is -2.62. The van der Waals surface area contributed by atoms with E-state index in [0.29, 0.717) is 28.7 Å². The number of aromatic nitrogens is 4. The van der Waals surface area contributed by atoms with Crippen molar-refractivity contribution in [2.24, 2.45) is 0 Å². The number of aryl methyl sites for hydroxylation is 1. The van der Waals surface area contributed by atoms with E-state index in [-0.39, 0.29) is 17.2 Å². The van der Waals surface area contributed by atoms with Crippen LogP contribution in [0.4, 0.5) is 4.39 Å². The molecule has 0 saturated carbocycles. The Labute approximate surface area is 163 Å². The molecule has 1 aliphatic heterocycles. The SMILES string of the molecule is Cc1cn2cc(-c3cc4ncn(C5CCNC[C@@H]5O)c(=O)c4s3)cc(F)c2n1. The Morgan fingerprint density at radius 1 is 1.36 bits per heavy atom. The maximum absolute atomic E-state index is 14.4. The molecule has 0 radical (unpaired) electrons. The second-order valence-electron chi connectivity index (χ2n) is 7.10. The third-order valence-electron chi connectivity index (χ3n) is 5.15. The number of halogens is 1. The van der Waals surface area contributed by atoms with E-state index in [2.05, 4.69) is 15.3 Å². The molecular weight excluding hydrogens is 381 g/mol. The molecule has 7 nitrogen and oxygen atoms in total. The van der Waals surface area contributed by atoms with Crippen LogP contribution < -0.4 is 10.9 Å². The van der Waals surface area contributed by atoms with Gasteiger partial charge in [0, 0.05) is 29.4 Å². The van der Waals surface area contributed by atoms with E-state index in [1.165, 1.54) is 28.3 Å². The van der Waals surface area contributed by atoms with Crippen LogP contribution >= 0.6 is 11.3 Å². The lowest BCUT2D eigenvalue weighted by atomic mass is 10.0. The lowest BCUT2D eigenvalue weighted by Crippen LogP contribution is -2.44. The maximum atomic E-state index is 14.4. The summed E-state index contributed by atoms with van der Waals surface area (Å²) in [5.41, 5.74) is 2.08. The Balaban J connectivity index is 1.62. The Morgan fingerprint density at radius 3 is 3.04 bits per heavy atom. The van der Waals surface area contributed by atoms with Gasteiger partial charge in [-0.3, -0.25) is 9.36 Å². The Kier molecular flexibility index (Phi) is 4.04. The highest BCUT2D eigenvalue weighted by molar-refractivity contribution is 7.22. The van der Waals surface area contributed by atoms with Crippen molar-refractivity contribution < 1.29 is 9.50 Å². The molecule has 28 heavy (non-hydrogen) atoms. The molecule has 0 bridgehead atoms. The number of rotatable bonds is 2. The van der Waals surface area contributed by atoms with Crippen LogP contribution in [-0.4, -0.2) is 43.2 Å². The van der Waals surface area contributed by atoms with E-state index >= 15 is 0 Å². The number of fused-ring (bicyclic) bond motifs is 2. The quantitative estimate of drug-likeness (QED) is 0.539. The van der Waals surface area contributed by atoms with Gasteiger partial charge in [0.05, 0.1) is 29.7 Å². The number of hydrogen-bond donors (Lipinski definition) is 2. The second-order valence-corrected chi connectivity index (χ2v) is 8.15. The van der Waals surface area contributed by atoms with Crippen molar-refractivity contribution in [2.45, 2.75) is 25.5 Å². The van der Waals surface area contributed by atoms with Crippen LogP contribution in [0.1, 0.15) is 18.2 Å². The van der Waals surface area contributed by atoms with Gasteiger partial charge < -0.3 is 14.8 Å². The largest absolute Gasteiger partial charge is 0.390 e. The predicted octanol–water partition coefficient (Wildman–Crippen LogP) is 2.12. The van der Waals surface area contributed by atoms with Crippen LogP contribution in [0.15, 0.2) is 35.6 Å². The number of nitrogens with one attached hydrogen (secondary N) is 1. The van der Waals surface area contributed by atoms with Crippen LogP contribution in [0, 0.1) is 12.7 Å². The molecule has 2 N–H and O–H groups in total. The van der Waals surface area contributed by atoms with Crippen molar-refractivity contribution in [3.63, 3.8) is 0 Å². The van der Waals surface area contributed by atoms with Crippen LogP contribution in [-0.2, 0) is 0 Å². The molecular formula is C19H18FN5O2S. The van der Waals surface area contributed by atoms with Crippen molar-refractivity contribution in [2.75, 3.05) is 13.1 Å². The van der Waals surface area contributed by atoms with Gasteiger partial charge in [-0.2, -0.15) is 0 Å². The molecule has 5 heterocycles. The zero-order valence-corrected chi connectivity index (χ0v) is 15.9. The molecule has 4 aromatic rings. The average Bonchev–Trinajstić information content (AvgIpc) is 3.27. The van der Waals surface area contributed by atoms with Gasteiger partial charge in [0.1, 0.15) is 4.70 Å². The topological polar surface area (TPSA) is 84.5 Å². The highest BCUT2D eigenvalue weighted by atomic mass is 32.1. The number of pyridine rings is 1. The summed E-state index contributed by atoms with van der Waals surface area (Å²) in [4.78, 5) is 22.4. The molecule has 0 aromatic carbocycles. The zero-order chi connectivity index (χ0) is 19.4. The summed E-state index contributed by atoms with van der Waals surface area (Å²) in [6.07, 6.45) is 5.10. The first-order valence-corrected chi connectivity index (χ1v) is 9.87. The van der Waals surface area contributed by atoms with Gasteiger partial charge >= 0.3 is 0 Å². The Morgan fingerprint density at radius 2 is 2.21 bits per heavy atom. The van der Waals surface area contributed by atoms with E-state index < -0.39 is 11.9 Å². The summed E-state index contributed by atoms with van der Waals surface area (Å²) in [5, 5.41) is 13.4. The predicted molar refractivity (Wildman–Crippen MR) is 105 cm³/mol. The molecule has 1 aliphatic rings. The van der Waals surface area contributed by atoms with Gasteiger partial charge in [-0.05, 0) is 32.0 Å². The molecule has 5 rings (SSSR count). The fourth-order valence-electron chi connectivity index (χ4n) is 3.77. The van der Waals surface area contributed by atoms with Crippen molar-refractivity contribution in [3.8, 4) is 10.4 Å². The number of thiophene rings is 1. The van der Waals surface area contributed by atoms with Crippen molar-refractivity contribution >= 4 is 27.2 Å². The summed E-state index contributed by atoms with van der Waals surface area (Å²) in [7, 11) is 0. The summed E-state index contributed by atoms with van der Waals surface area (Å²) in [6, 6.07) is 2.94. The maximum Gasteiger partial charge on any atom is 0.271 e. The third kappa shape index (κ3) is 2.74. The third-order valence-corrected chi connectivity index (χ3v) is 6.31. The molecule has 4 aromatic heterocycles. The molecule has 1 unspecified atom stereocenters. The fraction of sp³-hybridized carbons (Fsp3) is 0.316. The highest BCUT2D eigenvalue weighted by Gasteiger charge is 2.26. The molecule has 2 atom stereocenters. The van der Waals surface area contributed by atoms with Gasteiger partial charge in [-0.1, -0.05) is 0 Å². The number of hydrogen-bond acceptors (Lipinski definition) is 6. The van der Waals surface area contributed by atoms with E-state index in [1.807, 2.05) is 6.92 Å². The number of piperidine rings is 1. The van der Waals surface area contributed by atoms with Crippen molar-refractivity contribution in [1.82, 2.24) is 24.3 Å². The summed E-state index contributed by atoms with van der Waals surface area (Å²) in [5.74, 6) is -0.411. The number of aliphatic hydroxyl groups is 1. The minimum atomic E-state index is -0.633. The smallest absolute Gasteiger partial charge is 0.271 e. The molecule has 144 valence electrons. The number of aliphatic hydroxyl groups excluding tert-OH is 1. The standard InChI is InChI=1S/C19H18FN5O2S/c1-10-7-24-8-11(4-12(20)18(24)23-10)16-5-13-17(28-16)19(27)25(9-22-13)14-2-3-21-6-15(14)26/h4-5,7-9,14-15,21,26H,2-3,6H2,1H3/t14?,15-/m0/s1. The first kappa shape index (κ1) is 17.5. The molecule has 1 saturated heterocycles. The lowest BCUT2D eigenvalue weighted by molar-refractivity contribution is 0.0853. The highest BCUT2D eigenvalue weighted by Crippen LogP contribution is 2.32. The molecule has 9 heteroatoms. The van der Waals surface area contributed by atoms with Gasteiger partial charge in [-0.15, -0.1) is 11.3 Å². The number of imidazole rings is 1. The second kappa shape index (κ2) is 6.47. The van der Waals surface area contributed by atoms with E-state index in [4.69, 9.17) is 0 Å². The van der Waals surface area contributed by atoms with Crippen LogP contribution in [0.5, 0.6) is 0 Å². The molecule has 0 spiro atoms. The molecule has 0 amide bonds. The van der Waals surface area contributed by atoms with Crippen molar-refractivity contribution in [1.29, 1.82) is 0 Å². The van der Waals surface area contributed by atoms with Crippen LogP contribution in [0.25, 0.3) is 26.3 Å². The van der Waals surface area contributed by atoms with Crippen LogP contribution in [0.3, 0.4) is 0 Å². The number of nitrogens with zero attached hydrogens (tertiary/aromatic N) is 4. The van der Waals surface area contributed by atoms with E-state index in [0.717, 1.165) is 17.1 Å². The van der Waals surface area contributed by atoms with E-state index in [9.17, 15) is 14.3 Å². The van der Waals surface area contributed by atoms with Crippen molar-refractivity contribution in [3.05, 3.63) is 52.7 Å². The summed E-state index contributed by atoms with van der Waals surface area (Å²) in [6.45, 7) is 3.01. The molecule has 0 aliphatic carbocycles. The lowest BCUT2D eigenvalue weighted by Gasteiger charge is -2.29. The first-order chi connectivity index (χ1) is 13.5. The van der Waals surface area contributed by atoms with Gasteiger partial charge in [0.25, 0.3) is 5.56 Å². The zero-order valence-electron chi connectivity index (χ0n) is 15.1. The number of β-amino-alcohol motifs (C(OH)–C–C–N with tert-alkyl or cyclic N) is 1. The fourth-order valence-corrected chi connectivity index (χ4v) is 4.80. The first-order valence-electron chi connectivity index (χ1n) is 9.06. The monoisotopic (exact) mass is 399 g/mol. The van der Waals surface area contributed by atoms with E-state index in [1.54, 1.807) is 22.9 Å². The van der Waals surface area contributed by atoms with Gasteiger partial charge in [-0.25, -0.2) is 14.4 Å². The average molecular weight is 399 g/mol. The van der Waals surface area contributed by atoms with Crippen LogP contribution in [0.2, 0.25) is 0 Å². The molecule has 1 fully saturated rings. The minimum Gasteiger partial charge on any atom is -0.390 e. The summed E-state index contributed by atoms with van der Waals surface area (Å²) < 4.78 is 18.1. The Bertz CT molecular complexity index is 1260. The normalized spacial score (nSPS) is 20.2. The minimum absolute atomic E-state index is 0.174. The van der Waals surface area contributed by atoms with Gasteiger partial charge in [0.15, 0.2) is 11.5 Å². The summed E-state index contributed by atoms with van der Waals surface area (Å²) >= 11 is 1.29.